The number of likely N-dealkylation sites (N-methyl/N-ethyl adjacent to an activating group) is 1. The number of anilines is 2. The van der Waals surface area contributed by atoms with Gasteiger partial charge >= 0.3 is 0 Å². The Morgan fingerprint density at radius 1 is 1.28 bits per heavy atom. The molecule has 1 aromatic rings. The Labute approximate surface area is 107 Å². The van der Waals surface area contributed by atoms with Gasteiger partial charge < -0.3 is 15.3 Å². The third kappa shape index (κ3) is 1.41. The van der Waals surface area contributed by atoms with Crippen molar-refractivity contribution >= 4 is 17.3 Å². The molecular weight excluding hydrogens is 228 g/mol. The number of fused-ring (bicyclic) bond motifs is 1. The average Bonchev–Trinajstić information content (AvgIpc) is 2.38. The smallest absolute Gasteiger partial charge is 0.250 e. The molecule has 1 saturated carbocycles. The number of hydrogen-bond acceptors (Lipinski definition) is 3. The van der Waals surface area contributed by atoms with Crippen LogP contribution in [0.3, 0.4) is 0 Å². The lowest BCUT2D eigenvalue weighted by Gasteiger charge is -2.48. The lowest BCUT2D eigenvalue weighted by molar-refractivity contribution is -0.122. The highest BCUT2D eigenvalue weighted by Gasteiger charge is 2.47. The molecule has 4 nitrogen and oxygen atoms in total. The second kappa shape index (κ2) is 3.90. The first-order chi connectivity index (χ1) is 8.65. The number of phenols is 1. The number of nitrogens with zero attached hydrogens (tertiary/aromatic N) is 1. The van der Waals surface area contributed by atoms with Gasteiger partial charge in [0.25, 0.3) is 0 Å². The molecule has 0 bridgehead atoms. The fraction of sp³-hybridized carbons (Fsp3) is 0.500. The molecule has 1 amide bonds. The summed E-state index contributed by atoms with van der Waals surface area (Å²) in [4.78, 5) is 14.4. The minimum atomic E-state index is -0.468. The van der Waals surface area contributed by atoms with Crippen molar-refractivity contribution in [3.63, 3.8) is 0 Å². The maximum Gasteiger partial charge on any atom is 0.250 e. The van der Waals surface area contributed by atoms with Gasteiger partial charge in [-0.05, 0) is 25.0 Å². The molecule has 1 spiro atoms. The summed E-state index contributed by atoms with van der Waals surface area (Å²) in [6.07, 6.45) is 5.06. The Morgan fingerprint density at radius 3 is 2.72 bits per heavy atom. The van der Waals surface area contributed by atoms with Crippen LogP contribution >= 0.6 is 0 Å². The molecule has 18 heavy (non-hydrogen) atoms. The molecule has 0 unspecified atom stereocenters. The molecule has 0 atom stereocenters. The molecule has 0 saturated heterocycles. The van der Waals surface area contributed by atoms with Crippen LogP contribution in [0.5, 0.6) is 5.75 Å². The lowest BCUT2D eigenvalue weighted by atomic mass is 9.78. The Morgan fingerprint density at radius 2 is 2.00 bits per heavy atom. The summed E-state index contributed by atoms with van der Waals surface area (Å²) in [7, 11) is 1.92. The van der Waals surface area contributed by atoms with Gasteiger partial charge in [0.15, 0.2) is 0 Å². The van der Waals surface area contributed by atoms with E-state index in [1.165, 1.54) is 6.42 Å². The van der Waals surface area contributed by atoms with E-state index in [2.05, 4.69) is 5.32 Å². The largest absolute Gasteiger partial charge is 0.506 e. The van der Waals surface area contributed by atoms with Gasteiger partial charge in [-0.25, -0.2) is 0 Å². The quantitative estimate of drug-likeness (QED) is 0.739. The maximum atomic E-state index is 12.4. The van der Waals surface area contributed by atoms with Crippen LogP contribution in [0, 0.1) is 0 Å². The Kier molecular flexibility index (Phi) is 2.47. The Hall–Kier alpha value is -1.71. The third-order valence-corrected chi connectivity index (χ3v) is 4.34. The van der Waals surface area contributed by atoms with Gasteiger partial charge in [-0.15, -0.1) is 0 Å². The van der Waals surface area contributed by atoms with Crippen molar-refractivity contribution in [1.29, 1.82) is 0 Å². The van der Waals surface area contributed by atoms with Crippen molar-refractivity contribution in [2.24, 2.45) is 0 Å². The van der Waals surface area contributed by atoms with E-state index in [0.717, 1.165) is 31.4 Å². The number of rotatable bonds is 0. The molecule has 1 aliphatic carbocycles. The molecule has 1 aliphatic heterocycles. The molecule has 1 fully saturated rings. The highest BCUT2D eigenvalue weighted by molar-refractivity contribution is 6.07. The van der Waals surface area contributed by atoms with Crippen molar-refractivity contribution in [1.82, 2.24) is 0 Å². The number of carbonyl (C=O) groups excluding carboxylic acids is 1. The minimum absolute atomic E-state index is 0.0720. The van der Waals surface area contributed by atoms with E-state index < -0.39 is 5.54 Å². The van der Waals surface area contributed by atoms with Crippen LogP contribution in [0.1, 0.15) is 32.1 Å². The van der Waals surface area contributed by atoms with E-state index >= 15 is 0 Å². The number of benzene rings is 1. The van der Waals surface area contributed by atoms with E-state index in [-0.39, 0.29) is 11.7 Å². The standard InChI is InChI=1S/C14H18N2O2/c1-16-12-10(6-5-7-11(12)17)15-13(18)14(16)8-3-2-4-9-14/h5-7,17H,2-4,8-9H2,1H3,(H,15,18). The Balaban J connectivity index is 2.10. The zero-order valence-corrected chi connectivity index (χ0v) is 10.6. The van der Waals surface area contributed by atoms with Crippen LogP contribution in [0.2, 0.25) is 0 Å². The van der Waals surface area contributed by atoms with Crippen LogP contribution < -0.4 is 10.2 Å². The topological polar surface area (TPSA) is 52.6 Å². The predicted molar refractivity (Wildman–Crippen MR) is 71.0 cm³/mol. The lowest BCUT2D eigenvalue weighted by Crippen LogP contribution is -2.59. The second-order valence-electron chi connectivity index (χ2n) is 5.28. The van der Waals surface area contributed by atoms with Crippen LogP contribution in [-0.4, -0.2) is 23.6 Å². The molecule has 4 heteroatoms. The van der Waals surface area contributed by atoms with Crippen molar-refractivity contribution < 1.29 is 9.90 Å². The van der Waals surface area contributed by atoms with E-state index in [1.54, 1.807) is 12.1 Å². The number of para-hydroxylation sites is 1. The molecule has 0 radical (unpaired) electrons. The van der Waals surface area contributed by atoms with Crippen molar-refractivity contribution in [3.8, 4) is 5.75 Å². The molecule has 1 heterocycles. The summed E-state index contributed by atoms with van der Waals surface area (Å²) in [5, 5.41) is 13.0. The van der Waals surface area contributed by atoms with Crippen molar-refractivity contribution in [3.05, 3.63) is 18.2 Å². The normalized spacial score (nSPS) is 21.6. The maximum absolute atomic E-state index is 12.4. The summed E-state index contributed by atoms with van der Waals surface area (Å²) in [6, 6.07) is 5.25. The molecule has 3 rings (SSSR count). The number of carbonyl (C=O) groups is 1. The van der Waals surface area contributed by atoms with Crippen molar-refractivity contribution in [2.45, 2.75) is 37.6 Å². The highest BCUT2D eigenvalue weighted by atomic mass is 16.3. The van der Waals surface area contributed by atoms with Crippen LogP contribution in [0.4, 0.5) is 11.4 Å². The first kappa shape index (κ1) is 11.4. The van der Waals surface area contributed by atoms with Crippen LogP contribution in [0.25, 0.3) is 0 Å². The first-order valence-corrected chi connectivity index (χ1v) is 6.52. The summed E-state index contributed by atoms with van der Waals surface area (Å²) in [5.74, 6) is 0.308. The number of phenolic OH excluding ortho intramolecular Hbond substituents is 1. The summed E-state index contributed by atoms with van der Waals surface area (Å²) in [6.45, 7) is 0. The molecule has 1 aromatic carbocycles. The van der Waals surface area contributed by atoms with Gasteiger partial charge in [-0.1, -0.05) is 25.3 Å². The fourth-order valence-corrected chi connectivity index (χ4v) is 3.29. The molecule has 0 aromatic heterocycles. The Bertz CT molecular complexity index is 493. The highest BCUT2D eigenvalue weighted by Crippen LogP contribution is 2.46. The predicted octanol–water partition coefficient (Wildman–Crippen LogP) is 2.48. The number of amides is 1. The summed E-state index contributed by atoms with van der Waals surface area (Å²) in [5.41, 5.74) is 0.988. The minimum Gasteiger partial charge on any atom is -0.506 e. The average molecular weight is 246 g/mol. The van der Waals surface area contributed by atoms with E-state index in [9.17, 15) is 9.90 Å². The number of hydrogen-bond donors (Lipinski definition) is 2. The number of nitrogens with one attached hydrogen (secondary N) is 1. The van der Waals surface area contributed by atoms with Gasteiger partial charge in [0.05, 0.1) is 5.69 Å². The zero-order valence-electron chi connectivity index (χ0n) is 10.6. The van der Waals surface area contributed by atoms with Crippen LogP contribution in [-0.2, 0) is 4.79 Å². The van der Waals surface area contributed by atoms with Gasteiger partial charge in [0, 0.05) is 7.05 Å². The molecule has 2 N–H and O–H groups in total. The van der Waals surface area contributed by atoms with Gasteiger partial charge in [0.1, 0.15) is 17.0 Å². The van der Waals surface area contributed by atoms with Gasteiger partial charge in [-0.3, -0.25) is 4.79 Å². The summed E-state index contributed by atoms with van der Waals surface area (Å²) >= 11 is 0. The monoisotopic (exact) mass is 246 g/mol. The number of aromatic hydroxyl groups is 1. The third-order valence-electron chi connectivity index (χ3n) is 4.34. The summed E-state index contributed by atoms with van der Waals surface area (Å²) < 4.78 is 0. The fourth-order valence-electron chi connectivity index (χ4n) is 3.29. The SMILES string of the molecule is CN1c2c(O)cccc2NC(=O)C12CCCCC2. The second-order valence-corrected chi connectivity index (χ2v) is 5.28. The van der Waals surface area contributed by atoms with E-state index in [0.29, 0.717) is 5.69 Å². The molecule has 96 valence electrons. The van der Waals surface area contributed by atoms with E-state index in [1.807, 2.05) is 18.0 Å². The zero-order chi connectivity index (χ0) is 12.8. The van der Waals surface area contributed by atoms with Crippen LogP contribution in [0.15, 0.2) is 18.2 Å². The molecule has 2 aliphatic rings. The van der Waals surface area contributed by atoms with Gasteiger partial charge in [-0.2, -0.15) is 0 Å². The van der Waals surface area contributed by atoms with E-state index in [4.69, 9.17) is 0 Å². The first-order valence-electron chi connectivity index (χ1n) is 6.52. The van der Waals surface area contributed by atoms with Crippen molar-refractivity contribution in [2.75, 3.05) is 17.3 Å². The van der Waals surface area contributed by atoms with Gasteiger partial charge in [0.2, 0.25) is 5.91 Å². The molecular formula is C14H18N2O2.